The van der Waals surface area contributed by atoms with Gasteiger partial charge in [0.15, 0.2) is 0 Å². The number of rotatable bonds is 3. The van der Waals surface area contributed by atoms with Gasteiger partial charge >= 0.3 is 0 Å². The van der Waals surface area contributed by atoms with Gasteiger partial charge in [0, 0.05) is 12.0 Å². The molecule has 1 fully saturated rings. The van der Waals surface area contributed by atoms with Crippen LogP contribution in [0.2, 0.25) is 0 Å². The lowest BCUT2D eigenvalue weighted by Crippen LogP contribution is -2.26. The van der Waals surface area contributed by atoms with Gasteiger partial charge in [-0.1, -0.05) is 54.6 Å². The van der Waals surface area contributed by atoms with Crippen molar-refractivity contribution in [3.05, 3.63) is 77.6 Å². The van der Waals surface area contributed by atoms with E-state index in [0.29, 0.717) is 12.0 Å². The zero-order valence-electron chi connectivity index (χ0n) is 12.2. The first-order chi connectivity index (χ1) is 10.2. The Hall–Kier alpha value is -1.93. The van der Waals surface area contributed by atoms with Crippen LogP contribution in [0.1, 0.15) is 23.5 Å². The minimum Gasteiger partial charge on any atom is -0.299 e. The Morgan fingerprint density at radius 3 is 2.67 bits per heavy atom. The van der Waals surface area contributed by atoms with Gasteiger partial charge in [0.2, 0.25) is 0 Å². The highest BCUT2D eigenvalue weighted by Crippen LogP contribution is 2.33. The van der Waals surface area contributed by atoms with E-state index in [4.69, 9.17) is 0 Å². The molecule has 0 spiro atoms. The highest BCUT2D eigenvalue weighted by atomic mass is 19.1. The Morgan fingerprint density at radius 2 is 1.90 bits per heavy atom. The Balaban J connectivity index is 1.82. The Kier molecular flexibility index (Phi) is 4.16. The maximum Gasteiger partial charge on any atom is 0.123 e. The minimum absolute atomic E-state index is 0.184. The Labute approximate surface area is 125 Å². The van der Waals surface area contributed by atoms with Crippen LogP contribution >= 0.6 is 0 Å². The first-order valence-electron chi connectivity index (χ1n) is 7.43. The largest absolute Gasteiger partial charge is 0.299 e. The van der Waals surface area contributed by atoms with Gasteiger partial charge in [-0.2, -0.15) is 0 Å². The first-order valence-corrected chi connectivity index (χ1v) is 7.43. The average molecular weight is 281 g/mol. The van der Waals surface area contributed by atoms with Crippen molar-refractivity contribution in [3.63, 3.8) is 0 Å². The number of hydrogen-bond acceptors (Lipinski definition) is 1. The molecule has 108 valence electrons. The van der Waals surface area contributed by atoms with Crippen LogP contribution in [0.25, 0.3) is 6.08 Å². The molecule has 2 atom stereocenters. The Bertz CT molecular complexity index is 620. The third kappa shape index (κ3) is 3.22. The second kappa shape index (κ2) is 6.23. The third-order valence-corrected chi connectivity index (χ3v) is 4.28. The quantitative estimate of drug-likeness (QED) is 0.809. The fraction of sp³-hybridized carbons (Fsp3) is 0.263. The molecule has 1 aliphatic rings. The van der Waals surface area contributed by atoms with Crippen molar-refractivity contribution >= 4 is 6.08 Å². The molecule has 0 aliphatic carbocycles. The lowest BCUT2D eigenvalue weighted by Gasteiger charge is -2.22. The molecule has 0 amide bonds. The zero-order valence-corrected chi connectivity index (χ0v) is 12.2. The number of nitrogens with zero attached hydrogens (tertiary/aromatic N) is 1. The molecule has 21 heavy (non-hydrogen) atoms. The van der Waals surface area contributed by atoms with E-state index in [1.807, 2.05) is 12.1 Å². The standard InChI is InChI=1S/C19H20FN/c1-21-13-12-18(16-7-3-2-4-8-16)19(21)11-10-15-6-5-9-17(20)14-15/h2-11,14,18-19H,12-13H2,1H3/t18-,19-/m1/s1. The highest BCUT2D eigenvalue weighted by molar-refractivity contribution is 5.50. The SMILES string of the molecule is CN1CC[C@H](c2ccccc2)[C@H]1C=Cc1cccc(F)c1. The van der Waals surface area contributed by atoms with Crippen molar-refractivity contribution in [1.29, 1.82) is 0 Å². The molecular formula is C19H20FN. The van der Waals surface area contributed by atoms with Gasteiger partial charge in [0.25, 0.3) is 0 Å². The normalized spacial score (nSPS) is 23.0. The van der Waals surface area contributed by atoms with Crippen LogP contribution in [0.4, 0.5) is 4.39 Å². The predicted octanol–water partition coefficient (Wildman–Crippen LogP) is 4.33. The van der Waals surface area contributed by atoms with Crippen LogP contribution in [-0.2, 0) is 0 Å². The fourth-order valence-electron chi connectivity index (χ4n) is 3.13. The van der Waals surface area contributed by atoms with E-state index >= 15 is 0 Å². The molecule has 3 rings (SSSR count). The van der Waals surface area contributed by atoms with E-state index in [-0.39, 0.29) is 5.82 Å². The summed E-state index contributed by atoms with van der Waals surface area (Å²) in [4.78, 5) is 2.37. The van der Waals surface area contributed by atoms with Gasteiger partial charge in [-0.3, -0.25) is 4.90 Å². The second-order valence-corrected chi connectivity index (χ2v) is 5.69. The van der Waals surface area contributed by atoms with Crippen molar-refractivity contribution in [1.82, 2.24) is 4.90 Å². The maximum atomic E-state index is 13.2. The number of hydrogen-bond donors (Lipinski definition) is 0. The summed E-state index contributed by atoms with van der Waals surface area (Å²) in [5.74, 6) is 0.331. The first kappa shape index (κ1) is 14.0. The number of halogens is 1. The predicted molar refractivity (Wildman–Crippen MR) is 85.7 cm³/mol. The van der Waals surface area contributed by atoms with Gasteiger partial charge in [-0.25, -0.2) is 4.39 Å². The molecule has 1 saturated heterocycles. The van der Waals surface area contributed by atoms with E-state index in [0.717, 1.165) is 12.1 Å². The van der Waals surface area contributed by atoms with Crippen molar-refractivity contribution in [2.75, 3.05) is 13.6 Å². The summed E-state index contributed by atoms with van der Waals surface area (Å²) in [6, 6.07) is 17.8. The number of likely N-dealkylation sites (tertiary alicyclic amines) is 1. The summed E-state index contributed by atoms with van der Waals surface area (Å²) >= 11 is 0. The van der Waals surface area contributed by atoms with Crippen LogP contribution in [0, 0.1) is 5.82 Å². The fourth-order valence-corrected chi connectivity index (χ4v) is 3.13. The van der Waals surface area contributed by atoms with Crippen molar-refractivity contribution in [3.8, 4) is 0 Å². The van der Waals surface area contributed by atoms with Crippen LogP contribution in [-0.4, -0.2) is 24.5 Å². The summed E-state index contributed by atoms with van der Waals surface area (Å²) in [5, 5.41) is 0. The van der Waals surface area contributed by atoms with E-state index in [1.54, 1.807) is 12.1 Å². The van der Waals surface area contributed by atoms with Crippen LogP contribution in [0.15, 0.2) is 60.7 Å². The molecule has 2 aromatic carbocycles. The minimum atomic E-state index is -0.184. The van der Waals surface area contributed by atoms with Gasteiger partial charge in [-0.15, -0.1) is 0 Å². The zero-order chi connectivity index (χ0) is 14.7. The lowest BCUT2D eigenvalue weighted by atomic mass is 9.91. The molecule has 2 aromatic rings. The van der Waals surface area contributed by atoms with E-state index in [9.17, 15) is 4.39 Å². The van der Waals surface area contributed by atoms with E-state index in [2.05, 4.69) is 48.4 Å². The summed E-state index contributed by atoms with van der Waals surface area (Å²) < 4.78 is 13.2. The molecule has 0 N–H and O–H groups in total. The van der Waals surface area contributed by atoms with E-state index < -0.39 is 0 Å². The van der Waals surface area contributed by atoms with E-state index in [1.165, 1.54) is 18.1 Å². The molecule has 0 radical (unpaired) electrons. The second-order valence-electron chi connectivity index (χ2n) is 5.69. The summed E-state index contributed by atoms with van der Waals surface area (Å²) in [6.45, 7) is 1.09. The molecule has 0 aromatic heterocycles. The maximum absolute atomic E-state index is 13.2. The Morgan fingerprint density at radius 1 is 1.10 bits per heavy atom. The molecular weight excluding hydrogens is 261 g/mol. The van der Waals surface area contributed by atoms with Crippen LogP contribution < -0.4 is 0 Å². The molecule has 0 unspecified atom stereocenters. The van der Waals surface area contributed by atoms with Crippen molar-refractivity contribution in [2.24, 2.45) is 0 Å². The van der Waals surface area contributed by atoms with Crippen LogP contribution in [0.3, 0.4) is 0 Å². The molecule has 0 saturated carbocycles. The van der Waals surface area contributed by atoms with Gasteiger partial charge in [-0.05, 0) is 43.3 Å². The lowest BCUT2D eigenvalue weighted by molar-refractivity contribution is 0.347. The molecule has 1 aliphatic heterocycles. The molecule has 0 bridgehead atoms. The number of likely N-dealkylation sites (N-methyl/N-ethyl adjacent to an activating group) is 1. The molecule has 1 nitrogen and oxygen atoms in total. The van der Waals surface area contributed by atoms with Crippen LogP contribution in [0.5, 0.6) is 0 Å². The van der Waals surface area contributed by atoms with Gasteiger partial charge in [0.05, 0.1) is 0 Å². The highest BCUT2D eigenvalue weighted by Gasteiger charge is 2.30. The smallest absolute Gasteiger partial charge is 0.123 e. The molecule has 2 heteroatoms. The summed E-state index contributed by atoms with van der Waals surface area (Å²) in [6.07, 6.45) is 5.41. The van der Waals surface area contributed by atoms with Gasteiger partial charge < -0.3 is 0 Å². The monoisotopic (exact) mass is 281 g/mol. The number of benzene rings is 2. The van der Waals surface area contributed by atoms with Gasteiger partial charge in [0.1, 0.15) is 5.82 Å². The average Bonchev–Trinajstić information content (AvgIpc) is 2.87. The van der Waals surface area contributed by atoms with Crippen molar-refractivity contribution in [2.45, 2.75) is 18.4 Å². The molecule has 1 heterocycles. The summed E-state index contributed by atoms with van der Waals surface area (Å²) in [5.41, 5.74) is 2.30. The third-order valence-electron chi connectivity index (χ3n) is 4.28. The topological polar surface area (TPSA) is 3.24 Å². The summed E-state index contributed by atoms with van der Waals surface area (Å²) in [7, 11) is 2.16. The van der Waals surface area contributed by atoms with Crippen molar-refractivity contribution < 1.29 is 4.39 Å².